The highest BCUT2D eigenvalue weighted by molar-refractivity contribution is 6.74. The second-order valence-electron chi connectivity index (χ2n) is 23.4. The quantitative estimate of drug-likeness (QED) is 0.203. The molecular formula is C53H78O10Si. The van der Waals surface area contributed by atoms with Gasteiger partial charge in [-0.3, -0.25) is 4.79 Å². The Hall–Kier alpha value is -1.77. The monoisotopic (exact) mass is 903 g/mol. The van der Waals surface area contributed by atoms with E-state index in [1.165, 1.54) is 5.57 Å². The summed E-state index contributed by atoms with van der Waals surface area (Å²) >= 11 is 0. The van der Waals surface area contributed by atoms with E-state index in [2.05, 4.69) is 92.1 Å². The van der Waals surface area contributed by atoms with Crippen LogP contribution >= 0.6 is 0 Å². The molecule has 10 heterocycles. The van der Waals surface area contributed by atoms with Crippen LogP contribution in [0.1, 0.15) is 130 Å². The molecule has 12 bridgehead atoms. The molecule has 0 amide bonds. The van der Waals surface area contributed by atoms with E-state index in [0.717, 1.165) is 62.5 Å². The molecule has 0 N–H and O–H groups in total. The molecule has 354 valence electrons. The average molecular weight is 903 g/mol. The van der Waals surface area contributed by atoms with Gasteiger partial charge in [0.2, 0.25) is 0 Å². The van der Waals surface area contributed by atoms with Gasteiger partial charge in [0, 0.05) is 44.1 Å². The summed E-state index contributed by atoms with van der Waals surface area (Å²) in [7, 11) is -1.93. The van der Waals surface area contributed by atoms with Crippen LogP contribution < -0.4 is 0 Å². The topological polar surface area (TPSA) is 100 Å². The van der Waals surface area contributed by atoms with Crippen molar-refractivity contribution < 1.29 is 47.1 Å². The van der Waals surface area contributed by atoms with Crippen molar-refractivity contribution in [3.05, 3.63) is 60.2 Å². The van der Waals surface area contributed by atoms with Crippen LogP contribution in [0.3, 0.4) is 0 Å². The Bertz CT molecular complexity index is 1880. The van der Waals surface area contributed by atoms with Crippen LogP contribution in [0.4, 0.5) is 0 Å². The van der Waals surface area contributed by atoms with Crippen molar-refractivity contribution in [3.63, 3.8) is 0 Å². The van der Waals surface area contributed by atoms with Crippen molar-refractivity contribution in [2.45, 2.75) is 234 Å². The van der Waals surface area contributed by atoms with Crippen LogP contribution in [0, 0.1) is 23.7 Å². The molecule has 0 radical (unpaired) electrons. The van der Waals surface area contributed by atoms with Crippen LogP contribution in [-0.4, -0.2) is 112 Å². The summed E-state index contributed by atoms with van der Waals surface area (Å²) in [5.41, 5.74) is 3.34. The van der Waals surface area contributed by atoms with Gasteiger partial charge in [-0.1, -0.05) is 85.0 Å². The molecule has 64 heavy (non-hydrogen) atoms. The van der Waals surface area contributed by atoms with E-state index >= 15 is 4.79 Å². The molecule has 20 atom stereocenters. The first-order valence-electron chi connectivity index (χ1n) is 25.3. The Balaban J connectivity index is 0.968. The molecule has 0 aromatic heterocycles. The summed E-state index contributed by atoms with van der Waals surface area (Å²) in [6.07, 6.45) is 7.09. The van der Waals surface area contributed by atoms with Gasteiger partial charge in [-0.15, -0.1) is 0 Å². The predicted molar refractivity (Wildman–Crippen MR) is 246 cm³/mol. The van der Waals surface area contributed by atoms with Crippen molar-refractivity contribution >= 4 is 14.1 Å². The van der Waals surface area contributed by atoms with E-state index in [0.29, 0.717) is 44.1 Å². The Morgan fingerprint density at radius 1 is 0.766 bits per heavy atom. The zero-order valence-corrected chi connectivity index (χ0v) is 41.0. The minimum atomic E-state index is -1.93. The van der Waals surface area contributed by atoms with E-state index < -0.39 is 14.1 Å². The molecule has 1 aromatic carbocycles. The number of hydrogen-bond acceptors (Lipinski definition) is 10. The van der Waals surface area contributed by atoms with Gasteiger partial charge in [-0.05, 0) is 104 Å². The van der Waals surface area contributed by atoms with Crippen molar-refractivity contribution in [2.24, 2.45) is 23.7 Å². The molecule has 0 saturated carbocycles. The van der Waals surface area contributed by atoms with Crippen LogP contribution in [0.2, 0.25) is 18.1 Å². The number of ether oxygens (including phenoxy) is 8. The molecule has 0 aliphatic carbocycles. The first-order valence-corrected chi connectivity index (χ1v) is 28.2. The van der Waals surface area contributed by atoms with Gasteiger partial charge in [-0.25, -0.2) is 0 Å². The summed E-state index contributed by atoms with van der Waals surface area (Å²) in [6.45, 7) is 28.3. The highest BCUT2D eigenvalue weighted by atomic mass is 28.4. The van der Waals surface area contributed by atoms with E-state index in [9.17, 15) is 0 Å². The van der Waals surface area contributed by atoms with Crippen molar-refractivity contribution in [1.29, 1.82) is 0 Å². The van der Waals surface area contributed by atoms with Crippen LogP contribution in [0.15, 0.2) is 54.6 Å². The molecule has 1 spiro atoms. The van der Waals surface area contributed by atoms with Gasteiger partial charge in [0.05, 0.1) is 54.9 Å². The molecule has 10 fully saturated rings. The van der Waals surface area contributed by atoms with Gasteiger partial charge in [0.15, 0.2) is 14.1 Å². The number of carbonyl (C=O) groups is 1. The third-order valence-corrected chi connectivity index (χ3v) is 22.4. The van der Waals surface area contributed by atoms with Crippen LogP contribution in [0.5, 0.6) is 0 Å². The maximum atomic E-state index is 15.4. The normalized spacial score (nSPS) is 46.5. The average Bonchev–Trinajstić information content (AvgIpc) is 3.92. The van der Waals surface area contributed by atoms with E-state index in [1.54, 1.807) is 0 Å². The van der Waals surface area contributed by atoms with E-state index in [4.69, 9.17) is 42.3 Å². The van der Waals surface area contributed by atoms with E-state index in [1.807, 2.05) is 6.07 Å². The zero-order valence-electron chi connectivity index (χ0n) is 40.0. The van der Waals surface area contributed by atoms with Crippen LogP contribution in [0.25, 0.3) is 0 Å². The predicted octanol–water partition coefficient (Wildman–Crippen LogP) is 9.79. The van der Waals surface area contributed by atoms with Gasteiger partial charge < -0.3 is 42.3 Å². The molecule has 1 aromatic rings. The smallest absolute Gasteiger partial charge is 0.191 e. The van der Waals surface area contributed by atoms with E-state index in [-0.39, 0.29) is 114 Å². The maximum absolute atomic E-state index is 15.4. The van der Waals surface area contributed by atoms with Gasteiger partial charge in [0.1, 0.15) is 36.3 Å². The first-order chi connectivity index (χ1) is 30.5. The highest BCUT2D eigenvalue weighted by Gasteiger charge is 2.69. The molecule has 10 saturated heterocycles. The minimum absolute atomic E-state index is 0.00312. The Morgan fingerprint density at radius 2 is 1.47 bits per heavy atom. The van der Waals surface area contributed by atoms with Crippen molar-refractivity contribution in [2.75, 3.05) is 6.61 Å². The summed E-state index contributed by atoms with van der Waals surface area (Å²) < 4.78 is 62.6. The molecule has 11 rings (SSSR count). The van der Waals surface area contributed by atoms with Crippen LogP contribution in [-0.2, 0) is 47.1 Å². The standard InChI is InChI=1S/C53H78O10Si/c1-29(28-55-64(9,10)52(6,7)8)22-41-33(5)45-43(59-41)26-42-32(4)30(2)23-35(57-42)16-18-39-31(3)24-37(56-39)20-21-53-27-44-48(62-53)49-50(61-44)51(63-53)47-40(60-49)19-17-36(58-47)25-38(54)46(45)34-14-12-11-13-15-34/h11-15,29-30,33,35-37,39-51H,3-4,16-28H2,1-2,5-10H3/t29-,30+,33-,35-,36+,37-,39?,40-,41+,42?,43-,44+,45+,46?,47-,48?,49-,50+,51-,53-/m0/s1. The Morgan fingerprint density at radius 3 is 2.25 bits per heavy atom. The fourth-order valence-corrected chi connectivity index (χ4v) is 14.3. The fourth-order valence-electron chi connectivity index (χ4n) is 13.1. The molecular weight excluding hydrogens is 825 g/mol. The summed E-state index contributed by atoms with van der Waals surface area (Å²) in [4.78, 5) is 15.4. The third kappa shape index (κ3) is 8.66. The summed E-state index contributed by atoms with van der Waals surface area (Å²) in [5.74, 6) is -0.316. The molecule has 10 aliphatic heterocycles. The van der Waals surface area contributed by atoms with Gasteiger partial charge in [0.25, 0.3) is 0 Å². The molecule has 10 nitrogen and oxygen atoms in total. The van der Waals surface area contributed by atoms with Gasteiger partial charge in [-0.2, -0.15) is 0 Å². The number of fused-ring (bicyclic) bond motifs is 6. The number of ketones is 1. The Labute approximate surface area is 384 Å². The molecule has 11 heteroatoms. The zero-order chi connectivity index (χ0) is 44.9. The maximum Gasteiger partial charge on any atom is 0.191 e. The summed E-state index contributed by atoms with van der Waals surface area (Å²) in [6, 6.07) is 10.5. The third-order valence-electron chi connectivity index (χ3n) is 17.9. The second kappa shape index (κ2) is 17.6. The lowest BCUT2D eigenvalue weighted by atomic mass is 9.70. The number of hydrogen-bond donors (Lipinski definition) is 0. The lowest BCUT2D eigenvalue weighted by Gasteiger charge is -2.47. The lowest BCUT2D eigenvalue weighted by Crippen LogP contribution is -2.61. The number of benzene rings is 1. The SMILES string of the molecule is C=C1C[C@@H]2CC[C@@]34C[C@H]5O[C@H]6[C@@H](O3)[C@H]3O[C@H](CC[C@@H]3O[C@H]6C5O4)CC(=O)C(c3ccccc3)[C@@H]3[C@@H](C)[C@@H](C[C@H](C)CO[Si](C)(C)C(C)(C)C)O[C@H]3CC3O[C@@H](CCC1O2)C[C@@H](C)C3=C. The fraction of sp³-hybridized carbons (Fsp3) is 0.792. The minimum Gasteiger partial charge on any atom is -0.417 e. The van der Waals surface area contributed by atoms with Crippen molar-refractivity contribution in [1.82, 2.24) is 0 Å². The first kappa shape index (κ1) is 46.0. The summed E-state index contributed by atoms with van der Waals surface area (Å²) in [5, 5.41) is 0.137. The number of Topliss-reactive ketones (excluding diaryl/α,β-unsaturated/α-hetero) is 1. The highest BCUT2D eigenvalue weighted by Crippen LogP contribution is 2.55. The largest absolute Gasteiger partial charge is 0.417 e. The van der Waals surface area contributed by atoms with Crippen molar-refractivity contribution in [3.8, 4) is 0 Å². The Kier molecular flexibility index (Phi) is 12.7. The molecule has 10 aliphatic rings. The van der Waals surface area contributed by atoms with Gasteiger partial charge >= 0.3 is 0 Å². The molecule has 4 unspecified atom stereocenters. The second-order valence-corrected chi connectivity index (χ2v) is 28.2. The lowest BCUT2D eigenvalue weighted by molar-refractivity contribution is -0.292. The number of rotatable bonds is 6. The number of carbonyl (C=O) groups excluding carboxylic acids is 1.